The molecule has 140 valence electrons. The maximum absolute atomic E-state index is 13.1. The molecule has 2 aromatic rings. The van der Waals surface area contributed by atoms with Crippen LogP contribution in [-0.2, 0) is 9.59 Å². The number of carbonyl (C=O) groups excluding carboxylic acids is 2. The highest BCUT2D eigenvalue weighted by molar-refractivity contribution is 8.04. The first-order chi connectivity index (χ1) is 13.0. The Bertz CT molecular complexity index is 857. The third kappa shape index (κ3) is 4.08. The SMILES string of the molecule is CCSC1=C(c2ccc(OCC(C)C)cc2)C(=O)N(c2ccccc2)C1=O. The Hall–Kier alpha value is -2.53. The highest BCUT2D eigenvalue weighted by Crippen LogP contribution is 2.38. The number of benzene rings is 2. The number of amides is 2. The summed E-state index contributed by atoms with van der Waals surface area (Å²) in [6.45, 7) is 6.79. The van der Waals surface area contributed by atoms with E-state index in [2.05, 4.69) is 13.8 Å². The normalized spacial score (nSPS) is 14.4. The van der Waals surface area contributed by atoms with E-state index in [1.807, 2.05) is 49.4 Å². The Morgan fingerprint density at radius 2 is 1.63 bits per heavy atom. The van der Waals surface area contributed by atoms with E-state index in [1.165, 1.54) is 16.7 Å². The Balaban J connectivity index is 1.93. The molecule has 1 aliphatic heterocycles. The van der Waals surface area contributed by atoms with Gasteiger partial charge < -0.3 is 4.74 Å². The Kier molecular flexibility index (Phi) is 6.01. The number of anilines is 1. The molecule has 2 aromatic carbocycles. The van der Waals surface area contributed by atoms with Gasteiger partial charge in [0.2, 0.25) is 0 Å². The second-order valence-corrected chi connectivity index (χ2v) is 7.92. The van der Waals surface area contributed by atoms with Gasteiger partial charge in [0.05, 0.1) is 22.8 Å². The first-order valence-electron chi connectivity index (χ1n) is 9.07. The van der Waals surface area contributed by atoms with Gasteiger partial charge in [-0.3, -0.25) is 9.59 Å². The van der Waals surface area contributed by atoms with E-state index in [0.29, 0.717) is 28.7 Å². The van der Waals surface area contributed by atoms with Crippen LogP contribution in [0, 0.1) is 5.92 Å². The molecular weight excluding hydrogens is 358 g/mol. The smallest absolute Gasteiger partial charge is 0.272 e. The minimum Gasteiger partial charge on any atom is -0.493 e. The van der Waals surface area contributed by atoms with Crippen molar-refractivity contribution in [2.45, 2.75) is 20.8 Å². The first kappa shape index (κ1) is 19.2. The first-order valence-corrected chi connectivity index (χ1v) is 10.1. The molecule has 0 aromatic heterocycles. The van der Waals surface area contributed by atoms with Crippen LogP contribution < -0.4 is 9.64 Å². The molecule has 1 heterocycles. The van der Waals surface area contributed by atoms with Gasteiger partial charge in [-0.15, -0.1) is 11.8 Å². The standard InChI is InChI=1S/C22H23NO3S/c1-4-27-20-19(16-10-12-18(13-11-16)26-14-15(2)3)21(24)23(22(20)25)17-8-6-5-7-9-17/h5-13,15H,4,14H2,1-3H3. The Morgan fingerprint density at radius 1 is 0.963 bits per heavy atom. The maximum Gasteiger partial charge on any atom is 0.272 e. The minimum atomic E-state index is -0.280. The molecule has 4 nitrogen and oxygen atoms in total. The molecule has 0 aliphatic carbocycles. The van der Waals surface area contributed by atoms with Crippen LogP contribution in [0.3, 0.4) is 0 Å². The van der Waals surface area contributed by atoms with Crippen molar-refractivity contribution in [2.75, 3.05) is 17.3 Å². The van der Waals surface area contributed by atoms with Gasteiger partial charge in [0.25, 0.3) is 11.8 Å². The monoisotopic (exact) mass is 381 g/mol. The number of carbonyl (C=O) groups is 2. The summed E-state index contributed by atoms with van der Waals surface area (Å²) in [6, 6.07) is 16.4. The summed E-state index contributed by atoms with van der Waals surface area (Å²) in [5.74, 6) is 1.38. The van der Waals surface area contributed by atoms with Crippen molar-refractivity contribution in [3.05, 3.63) is 65.1 Å². The number of hydrogen-bond acceptors (Lipinski definition) is 4. The van der Waals surface area contributed by atoms with Crippen molar-refractivity contribution in [1.29, 1.82) is 0 Å². The molecule has 0 N–H and O–H groups in total. The zero-order valence-electron chi connectivity index (χ0n) is 15.8. The summed E-state index contributed by atoms with van der Waals surface area (Å²) in [6.07, 6.45) is 0. The van der Waals surface area contributed by atoms with E-state index in [1.54, 1.807) is 12.1 Å². The molecule has 5 heteroatoms. The lowest BCUT2D eigenvalue weighted by atomic mass is 10.1. The lowest BCUT2D eigenvalue weighted by molar-refractivity contribution is -0.119. The lowest BCUT2D eigenvalue weighted by Crippen LogP contribution is -2.31. The Morgan fingerprint density at radius 3 is 2.22 bits per heavy atom. The third-order valence-electron chi connectivity index (χ3n) is 4.07. The molecule has 0 saturated carbocycles. The number of nitrogens with zero attached hydrogens (tertiary/aromatic N) is 1. The van der Waals surface area contributed by atoms with Gasteiger partial charge in [0.15, 0.2) is 0 Å². The average Bonchev–Trinajstić information content (AvgIpc) is 2.91. The van der Waals surface area contributed by atoms with Gasteiger partial charge in [-0.1, -0.05) is 51.1 Å². The zero-order chi connectivity index (χ0) is 19.4. The van der Waals surface area contributed by atoms with Gasteiger partial charge in [0, 0.05) is 0 Å². The van der Waals surface area contributed by atoms with Crippen molar-refractivity contribution in [1.82, 2.24) is 0 Å². The molecule has 0 atom stereocenters. The van der Waals surface area contributed by atoms with Gasteiger partial charge in [-0.05, 0) is 41.5 Å². The van der Waals surface area contributed by atoms with Crippen molar-refractivity contribution in [3.8, 4) is 5.75 Å². The molecule has 27 heavy (non-hydrogen) atoms. The second-order valence-electron chi connectivity index (χ2n) is 6.65. The third-order valence-corrected chi connectivity index (χ3v) is 5.03. The second kappa shape index (κ2) is 8.44. The summed E-state index contributed by atoms with van der Waals surface area (Å²) in [7, 11) is 0. The molecule has 0 saturated heterocycles. The highest BCUT2D eigenvalue weighted by Gasteiger charge is 2.39. The fourth-order valence-corrected chi connectivity index (χ4v) is 3.69. The van der Waals surface area contributed by atoms with Crippen molar-refractivity contribution in [3.63, 3.8) is 0 Å². The lowest BCUT2D eigenvalue weighted by Gasteiger charge is -2.15. The van der Waals surface area contributed by atoms with Gasteiger partial charge in [-0.25, -0.2) is 4.90 Å². The van der Waals surface area contributed by atoms with Crippen molar-refractivity contribution in [2.24, 2.45) is 5.92 Å². The number of rotatable bonds is 7. The minimum absolute atomic E-state index is 0.256. The largest absolute Gasteiger partial charge is 0.493 e. The number of hydrogen-bond donors (Lipinski definition) is 0. The quantitative estimate of drug-likeness (QED) is 0.649. The van der Waals surface area contributed by atoms with Crippen molar-refractivity contribution >= 4 is 34.8 Å². The average molecular weight is 381 g/mol. The van der Waals surface area contributed by atoms with Crippen LogP contribution in [0.5, 0.6) is 5.75 Å². The summed E-state index contributed by atoms with van der Waals surface area (Å²) in [5, 5.41) is 0. The van der Waals surface area contributed by atoms with Gasteiger partial charge in [-0.2, -0.15) is 0 Å². The van der Waals surface area contributed by atoms with Gasteiger partial charge in [0.1, 0.15) is 5.75 Å². The van der Waals surface area contributed by atoms with Crippen LogP contribution >= 0.6 is 11.8 Å². The highest BCUT2D eigenvalue weighted by atomic mass is 32.2. The summed E-state index contributed by atoms with van der Waals surface area (Å²) >= 11 is 1.41. The summed E-state index contributed by atoms with van der Waals surface area (Å²) in [4.78, 5) is 27.8. The topological polar surface area (TPSA) is 46.6 Å². The predicted molar refractivity (Wildman–Crippen MR) is 111 cm³/mol. The van der Waals surface area contributed by atoms with E-state index >= 15 is 0 Å². The molecule has 3 rings (SSSR count). The van der Waals surface area contributed by atoms with Crippen LogP contribution in [0.25, 0.3) is 5.57 Å². The molecule has 0 fully saturated rings. The van der Waals surface area contributed by atoms with E-state index in [4.69, 9.17) is 4.74 Å². The number of para-hydroxylation sites is 1. The van der Waals surface area contributed by atoms with Crippen LogP contribution in [0.2, 0.25) is 0 Å². The molecule has 1 aliphatic rings. The number of thioether (sulfide) groups is 1. The molecule has 0 bridgehead atoms. The summed E-state index contributed by atoms with van der Waals surface area (Å²) in [5.41, 5.74) is 1.79. The molecule has 0 unspecified atom stereocenters. The van der Waals surface area contributed by atoms with Crippen molar-refractivity contribution < 1.29 is 14.3 Å². The maximum atomic E-state index is 13.1. The fourth-order valence-electron chi connectivity index (χ4n) is 2.83. The predicted octanol–water partition coefficient (Wildman–Crippen LogP) is 4.76. The van der Waals surface area contributed by atoms with E-state index in [9.17, 15) is 9.59 Å². The molecular formula is C22H23NO3S. The van der Waals surface area contributed by atoms with E-state index in [-0.39, 0.29) is 11.8 Å². The van der Waals surface area contributed by atoms with Gasteiger partial charge >= 0.3 is 0 Å². The number of imide groups is 1. The van der Waals surface area contributed by atoms with Crippen LogP contribution in [0.1, 0.15) is 26.3 Å². The Labute approximate surface area is 164 Å². The van der Waals surface area contributed by atoms with E-state index in [0.717, 1.165) is 17.1 Å². The molecule has 2 amide bonds. The zero-order valence-corrected chi connectivity index (χ0v) is 16.6. The van der Waals surface area contributed by atoms with Crippen LogP contribution in [-0.4, -0.2) is 24.2 Å². The van der Waals surface area contributed by atoms with Crippen LogP contribution in [0.15, 0.2) is 59.5 Å². The molecule has 0 radical (unpaired) electrons. The van der Waals surface area contributed by atoms with Crippen LogP contribution in [0.4, 0.5) is 5.69 Å². The summed E-state index contributed by atoms with van der Waals surface area (Å²) < 4.78 is 5.71. The van der Waals surface area contributed by atoms with E-state index < -0.39 is 0 Å². The molecule has 0 spiro atoms. The number of ether oxygens (including phenoxy) is 1. The fraction of sp³-hybridized carbons (Fsp3) is 0.273.